The number of carbonyl (C=O) groups excluding carboxylic acids is 2. The Labute approximate surface area is 209 Å². The molecule has 0 bridgehead atoms. The molecule has 0 saturated heterocycles. The zero-order chi connectivity index (χ0) is 24.9. The number of hydrogen-bond donors (Lipinski definition) is 4. The van der Waals surface area contributed by atoms with Gasteiger partial charge in [-0.3, -0.25) is 9.59 Å². The number of anilines is 1. The average molecular weight is 493 g/mol. The van der Waals surface area contributed by atoms with E-state index in [0.29, 0.717) is 30.1 Å². The molecule has 6 N–H and O–H groups in total. The van der Waals surface area contributed by atoms with Crippen molar-refractivity contribution in [2.45, 2.75) is 51.4 Å². The number of amides is 2. The van der Waals surface area contributed by atoms with Crippen molar-refractivity contribution in [3.8, 4) is 0 Å². The molecule has 1 aliphatic rings. The van der Waals surface area contributed by atoms with Crippen LogP contribution in [0.3, 0.4) is 0 Å². The van der Waals surface area contributed by atoms with Crippen molar-refractivity contribution in [1.82, 2.24) is 15.5 Å². The maximum Gasteiger partial charge on any atom is 0.230 e. The Morgan fingerprint density at radius 1 is 1.03 bits per heavy atom. The normalized spacial score (nSPS) is 13.9. The summed E-state index contributed by atoms with van der Waals surface area (Å²) >= 11 is 1.39. The monoisotopic (exact) mass is 492 g/mol. The number of nitrogens with zero attached hydrogens (tertiary/aromatic N) is 2. The lowest BCUT2D eigenvalue weighted by Gasteiger charge is -2.09. The van der Waals surface area contributed by atoms with Crippen LogP contribution in [0, 0.1) is 0 Å². The summed E-state index contributed by atoms with van der Waals surface area (Å²) in [7, 11) is 0. The minimum Gasteiger partial charge on any atom is -0.402 e. The Kier molecular flexibility index (Phi) is 10.3. The van der Waals surface area contributed by atoms with E-state index in [1.807, 2.05) is 42.5 Å². The number of nitrogens with one attached hydrogen (secondary N) is 2. The van der Waals surface area contributed by atoms with Crippen molar-refractivity contribution >= 4 is 28.3 Å². The van der Waals surface area contributed by atoms with Crippen LogP contribution in [0.4, 0.5) is 5.13 Å². The number of benzene rings is 1. The standard InChI is InChI=1S/C26H32N6O2S/c27-21(15-16-22(28)29-23(33)17-19-9-3-1-4-10-19)13-7-8-14-25-31-32-26(35-25)30-24(34)18-20-11-5-2-6-12-20/h1-3,5-6,9,11-12,15-16H,4,7-8,10,13-14,17-18,27-28H2,(H,29,33)(H,30,32,34)/b21-15-,22-16+. The molecule has 2 amide bonds. The van der Waals surface area contributed by atoms with Crippen molar-refractivity contribution in [1.29, 1.82) is 0 Å². The van der Waals surface area contributed by atoms with E-state index in [1.165, 1.54) is 11.3 Å². The molecule has 35 heavy (non-hydrogen) atoms. The highest BCUT2D eigenvalue weighted by atomic mass is 32.1. The summed E-state index contributed by atoms with van der Waals surface area (Å²) < 4.78 is 0. The number of aromatic nitrogens is 2. The molecular formula is C26H32N6O2S. The van der Waals surface area contributed by atoms with Crippen LogP contribution in [0.1, 0.15) is 49.1 Å². The SMILES string of the molecule is N/C(=C\C=C(/N)NC(=O)CC1=CC=CCC1)CCCCc1nnc(NC(=O)Cc2ccccc2)s1. The first-order valence-corrected chi connectivity index (χ1v) is 12.5. The third kappa shape index (κ3) is 9.97. The highest BCUT2D eigenvalue weighted by Gasteiger charge is 2.09. The van der Waals surface area contributed by atoms with Gasteiger partial charge in [-0.2, -0.15) is 0 Å². The van der Waals surface area contributed by atoms with Crippen molar-refractivity contribution in [3.05, 3.63) is 88.4 Å². The zero-order valence-electron chi connectivity index (χ0n) is 19.7. The van der Waals surface area contributed by atoms with Crippen LogP contribution in [0.2, 0.25) is 0 Å². The molecule has 0 atom stereocenters. The summed E-state index contributed by atoms with van der Waals surface area (Å²) in [6, 6.07) is 9.57. The summed E-state index contributed by atoms with van der Waals surface area (Å²) in [5, 5.41) is 15.1. The molecule has 1 aromatic heterocycles. The Balaban J connectivity index is 1.33. The maximum absolute atomic E-state index is 12.2. The van der Waals surface area contributed by atoms with E-state index < -0.39 is 0 Å². The van der Waals surface area contributed by atoms with Gasteiger partial charge in [-0.05, 0) is 49.8 Å². The minimum absolute atomic E-state index is 0.108. The fourth-order valence-electron chi connectivity index (χ4n) is 3.49. The molecule has 8 nitrogen and oxygen atoms in total. The first-order valence-electron chi connectivity index (χ1n) is 11.7. The van der Waals surface area contributed by atoms with Gasteiger partial charge in [-0.1, -0.05) is 65.5 Å². The third-order valence-corrected chi connectivity index (χ3v) is 6.17. The number of aryl methyl sites for hydroxylation is 1. The van der Waals surface area contributed by atoms with Crippen molar-refractivity contribution < 1.29 is 9.59 Å². The van der Waals surface area contributed by atoms with Gasteiger partial charge in [0.15, 0.2) is 0 Å². The second-order valence-electron chi connectivity index (χ2n) is 8.30. The Morgan fingerprint density at radius 3 is 2.63 bits per heavy atom. The summed E-state index contributed by atoms with van der Waals surface area (Å²) in [5.74, 6) is 0.0455. The van der Waals surface area contributed by atoms with Crippen molar-refractivity contribution in [3.63, 3.8) is 0 Å². The first kappa shape index (κ1) is 25.9. The van der Waals surface area contributed by atoms with Gasteiger partial charge in [0.2, 0.25) is 16.9 Å². The molecule has 0 aliphatic heterocycles. The third-order valence-electron chi connectivity index (χ3n) is 5.28. The molecule has 1 heterocycles. The van der Waals surface area contributed by atoms with Gasteiger partial charge in [-0.25, -0.2) is 0 Å². The molecular weight excluding hydrogens is 460 g/mol. The second kappa shape index (κ2) is 13.9. The van der Waals surface area contributed by atoms with E-state index in [-0.39, 0.29) is 17.6 Å². The highest BCUT2D eigenvalue weighted by molar-refractivity contribution is 7.15. The van der Waals surface area contributed by atoms with Crippen LogP contribution in [-0.2, 0) is 22.4 Å². The van der Waals surface area contributed by atoms with Crippen LogP contribution >= 0.6 is 11.3 Å². The number of carbonyl (C=O) groups is 2. The van der Waals surface area contributed by atoms with Crippen LogP contribution in [0.25, 0.3) is 0 Å². The highest BCUT2D eigenvalue weighted by Crippen LogP contribution is 2.18. The predicted molar refractivity (Wildman–Crippen MR) is 140 cm³/mol. The smallest absolute Gasteiger partial charge is 0.230 e. The van der Waals surface area contributed by atoms with Crippen LogP contribution < -0.4 is 22.1 Å². The van der Waals surface area contributed by atoms with Gasteiger partial charge >= 0.3 is 0 Å². The van der Waals surface area contributed by atoms with Crippen molar-refractivity contribution in [2.75, 3.05) is 5.32 Å². The molecule has 0 fully saturated rings. The summed E-state index contributed by atoms with van der Waals surface area (Å²) in [6.45, 7) is 0. The Bertz CT molecular complexity index is 1120. The summed E-state index contributed by atoms with van der Waals surface area (Å²) in [6.07, 6.45) is 15.1. The summed E-state index contributed by atoms with van der Waals surface area (Å²) in [4.78, 5) is 24.2. The fraction of sp³-hybridized carbons (Fsp3) is 0.308. The lowest BCUT2D eigenvalue weighted by Crippen LogP contribution is -2.27. The van der Waals surface area contributed by atoms with E-state index in [4.69, 9.17) is 11.5 Å². The molecule has 0 spiro atoms. The number of unbranched alkanes of at least 4 members (excludes halogenated alkanes) is 1. The quantitative estimate of drug-likeness (QED) is 0.262. The van der Waals surface area contributed by atoms with E-state index >= 15 is 0 Å². The lowest BCUT2D eigenvalue weighted by atomic mass is 10.0. The topological polar surface area (TPSA) is 136 Å². The average Bonchev–Trinajstić information content (AvgIpc) is 3.28. The number of allylic oxidation sites excluding steroid dienone is 6. The molecule has 184 valence electrons. The molecule has 2 aromatic rings. The number of nitrogens with two attached hydrogens (primary N) is 2. The van der Waals surface area contributed by atoms with Crippen LogP contribution in [0.15, 0.2) is 77.8 Å². The van der Waals surface area contributed by atoms with Gasteiger partial charge in [0.25, 0.3) is 0 Å². The number of hydrogen-bond acceptors (Lipinski definition) is 7. The van der Waals surface area contributed by atoms with Gasteiger partial charge < -0.3 is 22.1 Å². The summed E-state index contributed by atoms with van der Waals surface area (Å²) in [5.41, 5.74) is 14.7. The Hall–Kier alpha value is -3.72. The van der Waals surface area contributed by atoms with Gasteiger partial charge in [0, 0.05) is 18.5 Å². The largest absolute Gasteiger partial charge is 0.402 e. The fourth-order valence-corrected chi connectivity index (χ4v) is 4.29. The van der Waals surface area contributed by atoms with Crippen molar-refractivity contribution in [2.24, 2.45) is 11.5 Å². The van der Waals surface area contributed by atoms with E-state index in [0.717, 1.165) is 48.2 Å². The predicted octanol–water partition coefficient (Wildman–Crippen LogP) is 3.86. The molecule has 3 rings (SSSR count). The zero-order valence-corrected chi connectivity index (χ0v) is 20.5. The van der Waals surface area contributed by atoms with Crippen LogP contribution in [0.5, 0.6) is 0 Å². The lowest BCUT2D eigenvalue weighted by molar-refractivity contribution is -0.119. The van der Waals surface area contributed by atoms with E-state index in [1.54, 1.807) is 12.2 Å². The molecule has 0 radical (unpaired) electrons. The van der Waals surface area contributed by atoms with Gasteiger partial charge in [-0.15, -0.1) is 10.2 Å². The van der Waals surface area contributed by atoms with Crippen LogP contribution in [-0.4, -0.2) is 22.0 Å². The van der Waals surface area contributed by atoms with E-state index in [9.17, 15) is 9.59 Å². The molecule has 1 aromatic carbocycles. The Morgan fingerprint density at radius 2 is 1.86 bits per heavy atom. The minimum atomic E-state index is -0.125. The molecule has 0 unspecified atom stereocenters. The van der Waals surface area contributed by atoms with Gasteiger partial charge in [0.05, 0.1) is 6.42 Å². The van der Waals surface area contributed by atoms with Gasteiger partial charge in [0.1, 0.15) is 10.8 Å². The maximum atomic E-state index is 12.2. The second-order valence-corrected chi connectivity index (χ2v) is 9.36. The first-order chi connectivity index (χ1) is 17.0. The molecule has 1 aliphatic carbocycles. The molecule has 0 saturated carbocycles. The molecule has 9 heteroatoms. The number of rotatable bonds is 12. The van der Waals surface area contributed by atoms with E-state index in [2.05, 4.69) is 26.9 Å².